The summed E-state index contributed by atoms with van der Waals surface area (Å²) in [6, 6.07) is 0. The minimum Gasteiger partial charge on any atom is -0.481 e. The van der Waals surface area contributed by atoms with E-state index in [-0.39, 0.29) is 0 Å². The Morgan fingerprint density at radius 3 is 1.06 bits per heavy atom. The number of carbonyl (C=O) groups is 4. The van der Waals surface area contributed by atoms with Gasteiger partial charge in [0, 0.05) is 0 Å². The molecule has 100 valence electrons. The van der Waals surface area contributed by atoms with Gasteiger partial charge in [-0.25, -0.2) is 0 Å². The first kappa shape index (κ1) is 14.5. The molecular formula is C8H6Cl2O8. The van der Waals surface area contributed by atoms with Gasteiger partial charge in [0.25, 0.3) is 0 Å². The molecule has 8 nitrogen and oxygen atoms in total. The van der Waals surface area contributed by atoms with Gasteiger partial charge in [0.2, 0.25) is 0 Å². The Labute approximate surface area is 109 Å². The lowest BCUT2D eigenvalue weighted by Gasteiger charge is -2.53. The summed E-state index contributed by atoms with van der Waals surface area (Å²) in [7, 11) is 0. The van der Waals surface area contributed by atoms with Gasteiger partial charge in [-0.15, -0.1) is 23.2 Å². The lowest BCUT2D eigenvalue weighted by Crippen LogP contribution is -2.78. The summed E-state index contributed by atoms with van der Waals surface area (Å²) in [5, 5.41) is 35.3. The highest BCUT2D eigenvalue weighted by Crippen LogP contribution is 2.60. The summed E-state index contributed by atoms with van der Waals surface area (Å²) < 4.78 is 0. The highest BCUT2D eigenvalue weighted by Gasteiger charge is 2.83. The molecule has 0 radical (unpaired) electrons. The lowest BCUT2D eigenvalue weighted by atomic mass is 9.55. The molecule has 1 rings (SSSR count). The van der Waals surface area contributed by atoms with Crippen LogP contribution in [-0.2, 0) is 19.2 Å². The number of alkyl halides is 2. The van der Waals surface area contributed by atoms with E-state index in [1.165, 1.54) is 0 Å². The van der Waals surface area contributed by atoms with Gasteiger partial charge in [0.1, 0.15) is 11.8 Å². The van der Waals surface area contributed by atoms with Crippen LogP contribution in [0.4, 0.5) is 0 Å². The summed E-state index contributed by atoms with van der Waals surface area (Å²) in [6.45, 7) is 0. The summed E-state index contributed by atoms with van der Waals surface area (Å²) in [4.78, 5) is 38.1. The van der Waals surface area contributed by atoms with Crippen LogP contribution in [0.2, 0.25) is 0 Å². The van der Waals surface area contributed by atoms with E-state index in [0.717, 1.165) is 0 Å². The second-order valence-electron chi connectivity index (χ2n) is 3.69. The van der Waals surface area contributed by atoms with E-state index in [4.69, 9.17) is 43.6 Å². The minimum atomic E-state index is -2.81. The highest BCUT2D eigenvalue weighted by atomic mass is 35.5. The van der Waals surface area contributed by atoms with Gasteiger partial charge in [-0.05, 0) is 0 Å². The molecule has 0 aromatic rings. The van der Waals surface area contributed by atoms with Crippen molar-refractivity contribution < 1.29 is 39.6 Å². The summed E-state index contributed by atoms with van der Waals surface area (Å²) >= 11 is 11.0. The molecule has 0 heterocycles. The molecule has 0 unspecified atom stereocenters. The molecule has 0 amide bonds. The summed E-state index contributed by atoms with van der Waals surface area (Å²) in [5.41, 5.74) is 0. The monoisotopic (exact) mass is 300 g/mol. The highest BCUT2D eigenvalue weighted by molar-refractivity contribution is 6.47. The average molecular weight is 301 g/mol. The van der Waals surface area contributed by atoms with Gasteiger partial charge in [-0.3, -0.25) is 19.2 Å². The van der Waals surface area contributed by atoms with Crippen LogP contribution in [0.5, 0.6) is 0 Å². The Bertz CT molecular complexity index is 408. The standard InChI is InChI=1S/C8H6Cl2O8/c9-7(5(15)16)1(3(11)12)8(10,6(17)18)2(7)4(13)14/h1-2H,(H,11,12)(H,13,14)(H,15,16)(H,17,18). The predicted octanol–water partition coefficient (Wildman–Crippen LogP) is -0.474. The fourth-order valence-electron chi connectivity index (χ4n) is 2.06. The van der Waals surface area contributed by atoms with Crippen molar-refractivity contribution in [3.05, 3.63) is 0 Å². The van der Waals surface area contributed by atoms with E-state index in [2.05, 4.69) is 0 Å². The lowest BCUT2D eigenvalue weighted by molar-refractivity contribution is -0.183. The van der Waals surface area contributed by atoms with Crippen molar-refractivity contribution >= 4 is 47.1 Å². The van der Waals surface area contributed by atoms with E-state index < -0.39 is 45.5 Å². The first-order chi connectivity index (χ1) is 8.02. The first-order valence-electron chi connectivity index (χ1n) is 4.32. The number of carboxylic acid groups (broad SMARTS) is 4. The van der Waals surface area contributed by atoms with Crippen molar-refractivity contribution in [3.8, 4) is 0 Å². The number of hydrogen-bond acceptors (Lipinski definition) is 4. The maximum atomic E-state index is 10.9. The van der Waals surface area contributed by atoms with E-state index in [0.29, 0.717) is 0 Å². The smallest absolute Gasteiger partial charge is 0.326 e. The average Bonchev–Trinajstić information content (AvgIpc) is 2.13. The van der Waals surface area contributed by atoms with Gasteiger partial charge in [0.05, 0.1) is 0 Å². The number of carboxylic acids is 4. The van der Waals surface area contributed by atoms with Crippen molar-refractivity contribution in [2.75, 3.05) is 0 Å². The van der Waals surface area contributed by atoms with Crippen LogP contribution in [-0.4, -0.2) is 54.1 Å². The first-order valence-corrected chi connectivity index (χ1v) is 5.08. The van der Waals surface area contributed by atoms with Crippen molar-refractivity contribution in [1.82, 2.24) is 0 Å². The maximum Gasteiger partial charge on any atom is 0.326 e. The van der Waals surface area contributed by atoms with E-state index in [1.807, 2.05) is 0 Å². The fraction of sp³-hybridized carbons (Fsp3) is 0.500. The van der Waals surface area contributed by atoms with Crippen LogP contribution in [0.3, 0.4) is 0 Å². The molecular weight excluding hydrogens is 295 g/mol. The summed E-state index contributed by atoms with van der Waals surface area (Å²) in [5.74, 6) is -12.3. The molecule has 0 aromatic carbocycles. The quantitative estimate of drug-likeness (QED) is 0.509. The largest absolute Gasteiger partial charge is 0.481 e. The number of aliphatic carboxylic acids is 4. The van der Waals surface area contributed by atoms with Crippen molar-refractivity contribution in [2.45, 2.75) is 9.75 Å². The normalized spacial score (nSPS) is 38.6. The molecule has 1 saturated carbocycles. The zero-order valence-electron chi connectivity index (χ0n) is 8.33. The second-order valence-corrected chi connectivity index (χ2v) is 4.94. The molecule has 1 aliphatic rings. The Balaban J connectivity index is 3.47. The molecule has 0 spiro atoms. The number of halogens is 2. The van der Waals surface area contributed by atoms with Crippen molar-refractivity contribution in [1.29, 1.82) is 0 Å². The third-order valence-electron chi connectivity index (χ3n) is 2.83. The maximum absolute atomic E-state index is 10.9. The molecule has 1 aliphatic carbocycles. The van der Waals surface area contributed by atoms with E-state index >= 15 is 0 Å². The molecule has 0 saturated heterocycles. The third-order valence-corrected chi connectivity index (χ3v) is 4.03. The number of hydrogen-bond donors (Lipinski definition) is 4. The van der Waals surface area contributed by atoms with Crippen LogP contribution in [0.25, 0.3) is 0 Å². The van der Waals surface area contributed by atoms with Gasteiger partial charge >= 0.3 is 23.9 Å². The van der Waals surface area contributed by atoms with Crippen molar-refractivity contribution in [2.24, 2.45) is 11.8 Å². The molecule has 0 aliphatic heterocycles. The van der Waals surface area contributed by atoms with E-state index in [1.54, 1.807) is 0 Å². The molecule has 0 bridgehead atoms. The molecule has 10 heteroatoms. The van der Waals surface area contributed by atoms with Gasteiger partial charge in [0.15, 0.2) is 9.75 Å². The fourth-order valence-corrected chi connectivity index (χ4v) is 3.23. The Morgan fingerprint density at radius 1 is 0.722 bits per heavy atom. The van der Waals surface area contributed by atoms with E-state index in [9.17, 15) is 19.2 Å². The minimum absolute atomic E-state index is 1.90. The zero-order valence-corrected chi connectivity index (χ0v) is 9.84. The number of rotatable bonds is 4. The SMILES string of the molecule is O=C(O)C1C(Cl)(C(=O)O)C(C(=O)O)C1(Cl)C(=O)O. The summed E-state index contributed by atoms with van der Waals surface area (Å²) in [6.07, 6.45) is 0. The molecule has 18 heavy (non-hydrogen) atoms. The van der Waals surface area contributed by atoms with Crippen LogP contribution < -0.4 is 0 Å². The Morgan fingerprint density at radius 2 is 0.944 bits per heavy atom. The van der Waals surface area contributed by atoms with Crippen molar-refractivity contribution in [3.63, 3.8) is 0 Å². The third kappa shape index (κ3) is 1.45. The molecule has 0 atom stereocenters. The Hall–Kier alpha value is -1.54. The van der Waals surface area contributed by atoms with Crippen LogP contribution in [0, 0.1) is 11.8 Å². The molecule has 0 aromatic heterocycles. The zero-order chi connectivity index (χ0) is 14.5. The second kappa shape index (κ2) is 3.99. The molecule has 4 N–H and O–H groups in total. The van der Waals surface area contributed by atoms with Crippen LogP contribution in [0.15, 0.2) is 0 Å². The van der Waals surface area contributed by atoms with Crippen LogP contribution in [0.1, 0.15) is 0 Å². The van der Waals surface area contributed by atoms with Gasteiger partial charge in [-0.1, -0.05) is 0 Å². The molecule has 1 fully saturated rings. The topological polar surface area (TPSA) is 149 Å². The van der Waals surface area contributed by atoms with Crippen LogP contribution >= 0.6 is 23.2 Å². The van der Waals surface area contributed by atoms with Gasteiger partial charge < -0.3 is 20.4 Å². The predicted molar refractivity (Wildman–Crippen MR) is 54.7 cm³/mol. The van der Waals surface area contributed by atoms with Gasteiger partial charge in [-0.2, -0.15) is 0 Å². The Kier molecular flexibility index (Phi) is 3.22.